The normalized spacial score (nSPS) is 30.7. The van der Waals surface area contributed by atoms with Crippen LogP contribution in [0.1, 0.15) is 16.8 Å². The van der Waals surface area contributed by atoms with Gasteiger partial charge in [-0.1, -0.05) is 24.3 Å². The summed E-state index contributed by atoms with van der Waals surface area (Å²) in [6.07, 6.45) is 5.39. The number of rotatable bonds is 5. The van der Waals surface area contributed by atoms with E-state index in [1.807, 2.05) is 0 Å². The summed E-state index contributed by atoms with van der Waals surface area (Å²) in [7, 11) is 3.06. The van der Waals surface area contributed by atoms with Crippen molar-refractivity contribution in [1.29, 1.82) is 0 Å². The number of methoxy groups -OCH3 is 2. The zero-order valence-corrected chi connectivity index (χ0v) is 18.4. The topological polar surface area (TPSA) is 84.9 Å². The fourth-order valence-electron chi connectivity index (χ4n) is 6.16. The molecule has 0 radical (unpaired) electrons. The minimum absolute atomic E-state index is 0.133. The predicted molar refractivity (Wildman–Crippen MR) is 121 cm³/mol. The lowest BCUT2D eigenvalue weighted by Crippen LogP contribution is -2.40. The van der Waals surface area contributed by atoms with E-state index in [2.05, 4.69) is 17.5 Å². The quantitative estimate of drug-likeness (QED) is 0.564. The molecule has 3 amide bonds. The number of nitrogens with zero attached hydrogens (tertiary/aromatic N) is 1. The largest absolute Gasteiger partial charge is 0.497 e. The van der Waals surface area contributed by atoms with Crippen molar-refractivity contribution in [3.05, 3.63) is 60.2 Å². The number of imide groups is 1. The summed E-state index contributed by atoms with van der Waals surface area (Å²) in [6.45, 7) is 0. The van der Waals surface area contributed by atoms with Crippen LogP contribution in [0.2, 0.25) is 0 Å². The van der Waals surface area contributed by atoms with Gasteiger partial charge in [-0.2, -0.15) is 0 Å². The fourth-order valence-corrected chi connectivity index (χ4v) is 6.16. The van der Waals surface area contributed by atoms with Crippen molar-refractivity contribution in [3.63, 3.8) is 0 Å². The van der Waals surface area contributed by atoms with Crippen molar-refractivity contribution in [1.82, 2.24) is 0 Å². The molecule has 2 saturated carbocycles. The van der Waals surface area contributed by atoms with Gasteiger partial charge in [-0.3, -0.25) is 14.4 Å². The second-order valence-electron chi connectivity index (χ2n) is 9.20. The minimum Gasteiger partial charge on any atom is -0.497 e. The monoisotopic (exact) mass is 444 g/mol. The average Bonchev–Trinajstić information content (AvgIpc) is 3.62. The van der Waals surface area contributed by atoms with Gasteiger partial charge in [-0.15, -0.1) is 0 Å². The Morgan fingerprint density at radius 3 is 2.24 bits per heavy atom. The van der Waals surface area contributed by atoms with E-state index in [1.165, 1.54) is 12.0 Å². The maximum absolute atomic E-state index is 13.5. The van der Waals surface area contributed by atoms with Crippen LogP contribution in [-0.2, 0) is 9.59 Å². The maximum Gasteiger partial charge on any atom is 0.257 e. The average molecular weight is 444 g/mol. The lowest BCUT2D eigenvalue weighted by atomic mass is 9.63. The van der Waals surface area contributed by atoms with Crippen molar-refractivity contribution in [2.45, 2.75) is 6.42 Å². The Labute approximate surface area is 191 Å². The molecular formula is C26H24N2O5. The number of nitrogens with one attached hydrogen (secondary N) is 1. The first-order chi connectivity index (χ1) is 16.0. The van der Waals surface area contributed by atoms with Crippen LogP contribution < -0.4 is 19.7 Å². The predicted octanol–water partition coefficient (Wildman–Crippen LogP) is 3.51. The van der Waals surface area contributed by atoms with E-state index in [0.29, 0.717) is 34.7 Å². The third-order valence-electron chi connectivity index (χ3n) is 7.71. The molecule has 2 bridgehead atoms. The number of hydrogen-bond donors (Lipinski definition) is 1. The van der Waals surface area contributed by atoms with Crippen LogP contribution in [0, 0.1) is 35.5 Å². The van der Waals surface area contributed by atoms with E-state index in [-0.39, 0.29) is 41.0 Å². The molecule has 3 fully saturated rings. The number of allylic oxidation sites excluding steroid dienone is 2. The third kappa shape index (κ3) is 2.84. The Morgan fingerprint density at radius 2 is 1.61 bits per heavy atom. The first kappa shape index (κ1) is 20.0. The summed E-state index contributed by atoms with van der Waals surface area (Å²) < 4.78 is 10.6. The number of carbonyl (C=O) groups excluding carboxylic acids is 3. The molecule has 7 heteroatoms. The van der Waals surface area contributed by atoms with E-state index >= 15 is 0 Å². The molecule has 2 aromatic carbocycles. The summed E-state index contributed by atoms with van der Waals surface area (Å²) in [6, 6.07) is 11.9. The lowest BCUT2D eigenvalue weighted by molar-refractivity contribution is -0.124. The van der Waals surface area contributed by atoms with Gasteiger partial charge in [-0.05, 0) is 54.4 Å². The molecule has 0 spiro atoms. The van der Waals surface area contributed by atoms with E-state index in [1.54, 1.807) is 49.6 Å². The standard InChI is InChI=1S/C26H24N2O5/c1-32-13-7-10-21(33-2)19(11-13)27-24(29)16-5-3-4-6-20(16)28-25(30)22-14-8-9-15(18-12-17(14)18)23(22)26(28)31/h3-11,14-15,17-18,22-23H,12H2,1-2H3,(H,27,29)/t14-,15-,17-,18+,22+,23+/m0/s1. The van der Waals surface area contributed by atoms with Gasteiger partial charge in [0.05, 0.1) is 43.0 Å². The zero-order valence-electron chi connectivity index (χ0n) is 18.4. The van der Waals surface area contributed by atoms with Crippen LogP contribution in [0.25, 0.3) is 0 Å². The molecule has 1 aliphatic heterocycles. The van der Waals surface area contributed by atoms with Gasteiger partial charge in [0.15, 0.2) is 0 Å². The van der Waals surface area contributed by atoms with Gasteiger partial charge in [-0.25, -0.2) is 4.90 Å². The maximum atomic E-state index is 13.5. The molecule has 6 atom stereocenters. The number of anilines is 2. The van der Waals surface area contributed by atoms with Gasteiger partial charge < -0.3 is 14.8 Å². The van der Waals surface area contributed by atoms with Crippen LogP contribution in [0.15, 0.2) is 54.6 Å². The first-order valence-corrected chi connectivity index (χ1v) is 11.2. The summed E-state index contributed by atoms with van der Waals surface area (Å²) in [4.78, 5) is 41.6. The molecule has 4 aliphatic carbocycles. The van der Waals surface area contributed by atoms with Gasteiger partial charge in [0, 0.05) is 6.07 Å². The van der Waals surface area contributed by atoms with Gasteiger partial charge in [0.25, 0.3) is 5.91 Å². The molecule has 7 nitrogen and oxygen atoms in total. The molecule has 0 unspecified atom stereocenters. The second-order valence-corrected chi connectivity index (χ2v) is 9.20. The fraction of sp³-hybridized carbons (Fsp3) is 0.346. The molecule has 2 aromatic rings. The van der Waals surface area contributed by atoms with Gasteiger partial charge >= 0.3 is 0 Å². The highest BCUT2D eigenvalue weighted by Crippen LogP contribution is 2.65. The highest BCUT2D eigenvalue weighted by atomic mass is 16.5. The Kier molecular flexibility index (Phi) is 4.37. The summed E-state index contributed by atoms with van der Waals surface area (Å²) in [5.41, 5.74) is 1.02. The second kappa shape index (κ2) is 7.20. The third-order valence-corrected chi connectivity index (χ3v) is 7.71. The minimum atomic E-state index is -0.434. The molecule has 168 valence electrons. The van der Waals surface area contributed by atoms with E-state index in [4.69, 9.17) is 9.47 Å². The van der Waals surface area contributed by atoms with Crippen LogP contribution >= 0.6 is 0 Å². The summed E-state index contributed by atoms with van der Waals surface area (Å²) >= 11 is 0. The highest BCUT2D eigenvalue weighted by molar-refractivity contribution is 6.25. The Morgan fingerprint density at radius 1 is 0.939 bits per heavy atom. The molecule has 1 heterocycles. The lowest BCUT2D eigenvalue weighted by Gasteiger charge is -2.37. The number of ether oxygens (including phenoxy) is 2. The number of hydrogen-bond acceptors (Lipinski definition) is 5. The number of carbonyl (C=O) groups is 3. The SMILES string of the molecule is COc1ccc(OC)c(NC(=O)c2ccccc2N2C(=O)[C@@H]3[C@H]4C=C[C@@H]([C@@H]5C[C@H]45)[C@H]3C2=O)c1. The van der Waals surface area contributed by atoms with Crippen molar-refractivity contribution in [2.24, 2.45) is 35.5 Å². The number of benzene rings is 2. The van der Waals surface area contributed by atoms with Crippen LogP contribution in [0.5, 0.6) is 11.5 Å². The van der Waals surface area contributed by atoms with E-state index in [0.717, 1.165) is 6.42 Å². The smallest absolute Gasteiger partial charge is 0.257 e. The van der Waals surface area contributed by atoms with Gasteiger partial charge in [0.1, 0.15) is 11.5 Å². The van der Waals surface area contributed by atoms with Crippen molar-refractivity contribution >= 4 is 29.1 Å². The van der Waals surface area contributed by atoms with Crippen molar-refractivity contribution in [3.8, 4) is 11.5 Å². The molecule has 5 aliphatic rings. The summed E-state index contributed by atoms with van der Waals surface area (Å²) in [5.74, 6) is 0.921. The van der Waals surface area contributed by atoms with Gasteiger partial charge in [0.2, 0.25) is 11.8 Å². The Hall–Kier alpha value is -3.61. The molecule has 0 aromatic heterocycles. The number of amides is 3. The zero-order chi connectivity index (χ0) is 22.9. The van der Waals surface area contributed by atoms with Crippen LogP contribution in [0.3, 0.4) is 0 Å². The van der Waals surface area contributed by atoms with Crippen LogP contribution in [-0.4, -0.2) is 31.9 Å². The molecule has 1 saturated heterocycles. The molecule has 1 N–H and O–H groups in total. The molecular weight excluding hydrogens is 420 g/mol. The Bertz CT molecular complexity index is 1180. The van der Waals surface area contributed by atoms with Crippen molar-refractivity contribution in [2.75, 3.05) is 24.4 Å². The number of para-hydroxylation sites is 1. The highest BCUT2D eigenvalue weighted by Gasteiger charge is 2.67. The van der Waals surface area contributed by atoms with Crippen LogP contribution in [0.4, 0.5) is 11.4 Å². The molecule has 7 rings (SSSR count). The van der Waals surface area contributed by atoms with E-state index < -0.39 is 5.91 Å². The van der Waals surface area contributed by atoms with Crippen molar-refractivity contribution < 1.29 is 23.9 Å². The molecule has 33 heavy (non-hydrogen) atoms. The van der Waals surface area contributed by atoms with E-state index in [9.17, 15) is 14.4 Å². The first-order valence-electron chi connectivity index (χ1n) is 11.2. The summed E-state index contributed by atoms with van der Waals surface area (Å²) in [5, 5.41) is 2.85. The Balaban J connectivity index is 1.34.